The van der Waals surface area contributed by atoms with Crippen LogP contribution in [0.4, 0.5) is 0 Å². The largest absolute Gasteiger partial charge is 0.480 e. The summed E-state index contributed by atoms with van der Waals surface area (Å²) in [5.74, 6) is -4.64. The highest BCUT2D eigenvalue weighted by Gasteiger charge is 2.31. The standard InChI is InChI=1S/C21H41N9O7/c1-11(31)16(24)19(35)29-13(7-8-15(23)32)18(34)28-12(6-4-10-27-21(25)26)17(33)30-14(20(36)37)5-2-3-9-22/h11-14,16,31H,2-10,22,24H2,1H3,(H2,23,32)(H,28,34)(H,29,35)(H,30,33)(H,36,37)(H4,25,26,27). The van der Waals surface area contributed by atoms with E-state index in [0.717, 1.165) is 0 Å². The molecule has 0 radical (unpaired) electrons. The van der Waals surface area contributed by atoms with Crippen molar-refractivity contribution in [3.63, 3.8) is 0 Å². The van der Waals surface area contributed by atoms with E-state index in [1.54, 1.807) is 0 Å². The summed E-state index contributed by atoms with van der Waals surface area (Å²) in [6, 6.07) is -5.12. The Morgan fingerprint density at radius 3 is 1.81 bits per heavy atom. The van der Waals surface area contributed by atoms with Crippen LogP contribution in [0.5, 0.6) is 0 Å². The van der Waals surface area contributed by atoms with Gasteiger partial charge in [-0.05, 0) is 52.0 Å². The number of aliphatic hydroxyl groups is 1. The smallest absolute Gasteiger partial charge is 0.326 e. The molecular weight excluding hydrogens is 490 g/mol. The lowest BCUT2D eigenvalue weighted by Gasteiger charge is -2.25. The molecule has 0 spiro atoms. The predicted molar refractivity (Wildman–Crippen MR) is 134 cm³/mol. The van der Waals surface area contributed by atoms with Gasteiger partial charge < -0.3 is 54.8 Å². The molecule has 4 amide bonds. The molecule has 15 N–H and O–H groups in total. The van der Waals surface area contributed by atoms with Gasteiger partial charge in [-0.2, -0.15) is 0 Å². The van der Waals surface area contributed by atoms with Gasteiger partial charge in [-0.15, -0.1) is 0 Å². The first-order valence-corrected chi connectivity index (χ1v) is 11.9. The molecule has 0 heterocycles. The van der Waals surface area contributed by atoms with Crippen LogP contribution < -0.4 is 44.6 Å². The number of aliphatic imine (C=N–C) groups is 1. The highest BCUT2D eigenvalue weighted by molar-refractivity contribution is 5.94. The molecule has 0 saturated heterocycles. The number of aliphatic carboxylic acids is 1. The fourth-order valence-electron chi connectivity index (χ4n) is 3.11. The third kappa shape index (κ3) is 14.6. The number of aliphatic hydroxyl groups excluding tert-OH is 1. The third-order valence-corrected chi connectivity index (χ3v) is 5.27. The van der Waals surface area contributed by atoms with Gasteiger partial charge in [0, 0.05) is 13.0 Å². The van der Waals surface area contributed by atoms with E-state index in [2.05, 4.69) is 20.9 Å². The molecule has 16 heteroatoms. The lowest BCUT2D eigenvalue weighted by Crippen LogP contribution is -2.58. The molecule has 16 nitrogen and oxygen atoms in total. The maximum Gasteiger partial charge on any atom is 0.326 e. The first-order chi connectivity index (χ1) is 17.3. The number of nitrogens with two attached hydrogens (primary N) is 5. The summed E-state index contributed by atoms with van der Waals surface area (Å²) in [5, 5.41) is 26.2. The number of carbonyl (C=O) groups is 5. The lowest BCUT2D eigenvalue weighted by atomic mass is 10.0. The molecule has 0 aromatic carbocycles. The van der Waals surface area contributed by atoms with Crippen molar-refractivity contribution < 1.29 is 34.2 Å². The molecule has 0 fully saturated rings. The predicted octanol–water partition coefficient (Wildman–Crippen LogP) is -4.32. The first-order valence-electron chi connectivity index (χ1n) is 11.9. The van der Waals surface area contributed by atoms with Crippen LogP contribution in [-0.2, 0) is 24.0 Å². The molecule has 5 atom stereocenters. The summed E-state index contributed by atoms with van der Waals surface area (Å²) in [6.45, 7) is 1.78. The van der Waals surface area contributed by atoms with Gasteiger partial charge in [0.25, 0.3) is 0 Å². The normalized spacial score (nSPS) is 14.8. The van der Waals surface area contributed by atoms with E-state index in [0.29, 0.717) is 19.4 Å². The van der Waals surface area contributed by atoms with Gasteiger partial charge in [0.05, 0.1) is 6.10 Å². The minimum absolute atomic E-state index is 0.0210. The van der Waals surface area contributed by atoms with Crippen molar-refractivity contribution in [3.8, 4) is 0 Å². The van der Waals surface area contributed by atoms with Crippen molar-refractivity contribution in [2.24, 2.45) is 33.7 Å². The molecule has 0 saturated carbocycles. The summed E-state index contributed by atoms with van der Waals surface area (Å²) < 4.78 is 0. The summed E-state index contributed by atoms with van der Waals surface area (Å²) in [6.07, 6.45) is -0.291. The number of nitrogens with zero attached hydrogens (tertiary/aromatic N) is 1. The second-order valence-electron chi connectivity index (χ2n) is 8.53. The van der Waals surface area contributed by atoms with E-state index < -0.39 is 59.9 Å². The molecule has 0 aromatic heterocycles. The number of unbranched alkanes of at least 4 members (excludes halogenated alkanes) is 1. The van der Waals surface area contributed by atoms with E-state index in [4.69, 9.17) is 28.7 Å². The molecule has 37 heavy (non-hydrogen) atoms. The molecule has 0 bridgehead atoms. The van der Waals surface area contributed by atoms with E-state index in [1.165, 1.54) is 6.92 Å². The third-order valence-electron chi connectivity index (χ3n) is 5.27. The molecule has 5 unspecified atom stereocenters. The Kier molecular flexibility index (Phi) is 16.2. The fourth-order valence-corrected chi connectivity index (χ4v) is 3.11. The monoisotopic (exact) mass is 531 g/mol. The fraction of sp³-hybridized carbons (Fsp3) is 0.714. The van der Waals surface area contributed by atoms with Crippen LogP contribution in [0, 0.1) is 0 Å². The number of hydrogen-bond acceptors (Lipinski definition) is 9. The van der Waals surface area contributed by atoms with Gasteiger partial charge >= 0.3 is 5.97 Å². The van der Waals surface area contributed by atoms with Gasteiger partial charge in [-0.25, -0.2) is 4.79 Å². The van der Waals surface area contributed by atoms with Crippen LogP contribution in [0.15, 0.2) is 4.99 Å². The average Bonchev–Trinajstić information content (AvgIpc) is 2.81. The zero-order valence-corrected chi connectivity index (χ0v) is 21.0. The summed E-state index contributed by atoms with van der Waals surface area (Å²) >= 11 is 0. The van der Waals surface area contributed by atoms with Crippen molar-refractivity contribution in [1.29, 1.82) is 0 Å². The number of carboxylic acid groups (broad SMARTS) is 1. The zero-order valence-electron chi connectivity index (χ0n) is 21.0. The van der Waals surface area contributed by atoms with E-state index in [-0.39, 0.29) is 44.6 Å². The Morgan fingerprint density at radius 2 is 1.32 bits per heavy atom. The number of primary amides is 1. The maximum atomic E-state index is 13.0. The van der Waals surface area contributed by atoms with Gasteiger partial charge in [0.15, 0.2) is 5.96 Å². The van der Waals surface area contributed by atoms with Gasteiger partial charge in [0.2, 0.25) is 23.6 Å². The number of guanidine groups is 1. The Labute approximate surface area is 215 Å². The number of hydrogen-bond donors (Lipinski definition) is 10. The molecule has 0 rings (SSSR count). The minimum atomic E-state index is -1.35. The van der Waals surface area contributed by atoms with Crippen LogP contribution in [0.25, 0.3) is 0 Å². The number of carboxylic acids is 1. The molecule has 0 aliphatic heterocycles. The van der Waals surface area contributed by atoms with Crippen molar-refractivity contribution in [1.82, 2.24) is 16.0 Å². The Balaban J connectivity index is 5.67. The Morgan fingerprint density at radius 1 is 0.811 bits per heavy atom. The quantitative estimate of drug-likeness (QED) is 0.0431. The maximum absolute atomic E-state index is 13.0. The minimum Gasteiger partial charge on any atom is -0.480 e. The molecule has 0 aliphatic rings. The summed E-state index contributed by atoms with van der Waals surface area (Å²) in [7, 11) is 0. The molecular formula is C21H41N9O7. The van der Waals surface area contributed by atoms with Crippen molar-refractivity contribution in [2.75, 3.05) is 13.1 Å². The average molecular weight is 532 g/mol. The number of carbonyl (C=O) groups excluding carboxylic acids is 4. The Bertz CT molecular complexity index is 803. The molecule has 0 aromatic rings. The van der Waals surface area contributed by atoms with E-state index in [1.807, 2.05) is 0 Å². The summed E-state index contributed by atoms with van der Waals surface area (Å²) in [4.78, 5) is 64.9. The van der Waals surface area contributed by atoms with Crippen molar-refractivity contribution >= 4 is 35.6 Å². The van der Waals surface area contributed by atoms with Crippen LogP contribution in [0.1, 0.15) is 51.9 Å². The topological polar surface area (TPSA) is 304 Å². The van der Waals surface area contributed by atoms with Crippen LogP contribution in [0.2, 0.25) is 0 Å². The van der Waals surface area contributed by atoms with E-state index in [9.17, 15) is 34.2 Å². The highest BCUT2D eigenvalue weighted by atomic mass is 16.4. The number of nitrogens with one attached hydrogen (secondary N) is 3. The van der Waals surface area contributed by atoms with Gasteiger partial charge in [-0.1, -0.05) is 0 Å². The number of amides is 4. The second kappa shape index (κ2) is 17.9. The highest BCUT2D eigenvalue weighted by Crippen LogP contribution is 2.06. The molecule has 212 valence electrons. The van der Waals surface area contributed by atoms with E-state index >= 15 is 0 Å². The first kappa shape index (κ1) is 33.5. The second-order valence-corrected chi connectivity index (χ2v) is 8.53. The van der Waals surface area contributed by atoms with Crippen molar-refractivity contribution in [3.05, 3.63) is 0 Å². The zero-order chi connectivity index (χ0) is 28.5. The van der Waals surface area contributed by atoms with Crippen LogP contribution in [0.3, 0.4) is 0 Å². The van der Waals surface area contributed by atoms with Gasteiger partial charge in [0.1, 0.15) is 24.2 Å². The SMILES string of the molecule is CC(O)C(N)C(=O)NC(CCC(N)=O)C(=O)NC(CCCN=C(N)N)C(=O)NC(CCCCN)C(=O)O. The van der Waals surface area contributed by atoms with Crippen LogP contribution in [-0.4, -0.2) is 89.1 Å². The lowest BCUT2D eigenvalue weighted by molar-refractivity contribution is -0.142. The number of rotatable bonds is 19. The Hall–Kier alpha value is -3.50. The van der Waals surface area contributed by atoms with Crippen LogP contribution >= 0.6 is 0 Å². The summed E-state index contributed by atoms with van der Waals surface area (Å²) in [5.41, 5.74) is 26.8. The van der Waals surface area contributed by atoms with Crippen molar-refractivity contribution in [2.45, 2.75) is 82.1 Å². The van der Waals surface area contributed by atoms with Gasteiger partial charge in [-0.3, -0.25) is 24.2 Å². The molecule has 0 aliphatic carbocycles.